The van der Waals surface area contributed by atoms with Crippen LogP contribution in [0.4, 0.5) is 0 Å². The Kier molecular flexibility index (Phi) is 5.92. The molecular formula is C13H25NO3. The van der Waals surface area contributed by atoms with Gasteiger partial charge < -0.3 is 14.8 Å². The molecule has 1 amide bonds. The van der Waals surface area contributed by atoms with Crippen molar-refractivity contribution in [3.63, 3.8) is 0 Å². The van der Waals surface area contributed by atoms with Crippen molar-refractivity contribution in [2.24, 2.45) is 0 Å². The Labute approximate surface area is 104 Å². The molecule has 0 saturated heterocycles. The number of hydrogen-bond acceptors (Lipinski definition) is 3. The molecule has 1 aliphatic carbocycles. The topological polar surface area (TPSA) is 47.6 Å². The van der Waals surface area contributed by atoms with Crippen molar-refractivity contribution in [1.82, 2.24) is 5.32 Å². The highest BCUT2D eigenvalue weighted by Gasteiger charge is 2.15. The fourth-order valence-electron chi connectivity index (χ4n) is 1.80. The van der Waals surface area contributed by atoms with E-state index in [2.05, 4.69) is 5.32 Å². The maximum atomic E-state index is 11.4. The lowest BCUT2D eigenvalue weighted by Gasteiger charge is -2.19. The SMILES string of the molecule is CC(C)(C)OCC(=O)NCCOC1CCCC1. The zero-order chi connectivity index (χ0) is 12.7. The van der Waals surface area contributed by atoms with Gasteiger partial charge in [0.1, 0.15) is 6.61 Å². The molecule has 17 heavy (non-hydrogen) atoms. The van der Waals surface area contributed by atoms with Gasteiger partial charge in [-0.25, -0.2) is 0 Å². The lowest BCUT2D eigenvalue weighted by Crippen LogP contribution is -2.34. The number of ether oxygens (including phenoxy) is 2. The first-order valence-corrected chi connectivity index (χ1v) is 6.49. The molecule has 0 aliphatic heterocycles. The van der Waals surface area contributed by atoms with Gasteiger partial charge >= 0.3 is 0 Å². The highest BCUT2D eigenvalue weighted by Crippen LogP contribution is 2.20. The average molecular weight is 243 g/mol. The van der Waals surface area contributed by atoms with E-state index in [9.17, 15) is 4.79 Å². The summed E-state index contributed by atoms with van der Waals surface area (Å²) < 4.78 is 11.0. The van der Waals surface area contributed by atoms with Gasteiger partial charge in [0.2, 0.25) is 5.91 Å². The number of amides is 1. The lowest BCUT2D eigenvalue weighted by atomic mass is 10.2. The predicted octanol–water partition coefficient (Wildman–Crippen LogP) is 1.88. The van der Waals surface area contributed by atoms with Gasteiger partial charge in [-0.2, -0.15) is 0 Å². The second kappa shape index (κ2) is 6.97. The van der Waals surface area contributed by atoms with E-state index < -0.39 is 0 Å². The molecule has 0 heterocycles. The van der Waals surface area contributed by atoms with Gasteiger partial charge in [-0.3, -0.25) is 4.79 Å². The van der Waals surface area contributed by atoms with Crippen LogP contribution >= 0.6 is 0 Å². The quantitative estimate of drug-likeness (QED) is 0.725. The van der Waals surface area contributed by atoms with Crippen LogP contribution in [0.25, 0.3) is 0 Å². The third kappa shape index (κ3) is 7.34. The van der Waals surface area contributed by atoms with Crippen LogP contribution in [0, 0.1) is 0 Å². The minimum absolute atomic E-state index is 0.0741. The van der Waals surface area contributed by atoms with E-state index in [1.807, 2.05) is 20.8 Å². The maximum Gasteiger partial charge on any atom is 0.246 e. The van der Waals surface area contributed by atoms with E-state index in [-0.39, 0.29) is 18.1 Å². The van der Waals surface area contributed by atoms with E-state index in [1.165, 1.54) is 25.7 Å². The summed E-state index contributed by atoms with van der Waals surface area (Å²) in [6.07, 6.45) is 5.30. The Morgan fingerprint density at radius 3 is 2.53 bits per heavy atom. The molecule has 0 radical (unpaired) electrons. The third-order valence-corrected chi connectivity index (χ3v) is 2.72. The highest BCUT2D eigenvalue weighted by molar-refractivity contribution is 5.77. The number of nitrogens with one attached hydrogen (secondary N) is 1. The Balaban J connectivity index is 1.96. The summed E-state index contributed by atoms with van der Waals surface area (Å²) in [5.74, 6) is -0.0741. The van der Waals surface area contributed by atoms with Gasteiger partial charge in [0, 0.05) is 6.54 Å². The van der Waals surface area contributed by atoms with E-state index in [0.29, 0.717) is 19.3 Å². The molecule has 1 aliphatic rings. The van der Waals surface area contributed by atoms with E-state index in [1.54, 1.807) is 0 Å². The van der Waals surface area contributed by atoms with E-state index in [4.69, 9.17) is 9.47 Å². The van der Waals surface area contributed by atoms with Crippen molar-refractivity contribution in [1.29, 1.82) is 0 Å². The summed E-state index contributed by atoms with van der Waals surface area (Å²) in [6, 6.07) is 0. The van der Waals surface area contributed by atoms with Crippen LogP contribution in [0.15, 0.2) is 0 Å². The second-order valence-corrected chi connectivity index (χ2v) is 5.53. The first-order valence-electron chi connectivity index (χ1n) is 6.49. The summed E-state index contributed by atoms with van der Waals surface area (Å²) in [5.41, 5.74) is -0.266. The molecule has 0 aromatic rings. The summed E-state index contributed by atoms with van der Waals surface area (Å²) in [7, 11) is 0. The van der Waals surface area contributed by atoms with Crippen LogP contribution in [0.5, 0.6) is 0 Å². The van der Waals surface area contributed by atoms with Crippen LogP contribution in [0.1, 0.15) is 46.5 Å². The fraction of sp³-hybridized carbons (Fsp3) is 0.923. The summed E-state index contributed by atoms with van der Waals surface area (Å²) in [5, 5.41) is 2.79. The van der Waals surface area contributed by atoms with Crippen LogP contribution in [0.2, 0.25) is 0 Å². The standard InChI is InChI=1S/C13H25NO3/c1-13(2,3)17-10-12(15)14-8-9-16-11-6-4-5-7-11/h11H,4-10H2,1-3H3,(H,14,15). The Morgan fingerprint density at radius 2 is 1.94 bits per heavy atom. The molecule has 0 bridgehead atoms. The van der Waals surface area contributed by atoms with Crippen molar-refractivity contribution >= 4 is 5.91 Å². The van der Waals surface area contributed by atoms with Crippen molar-refractivity contribution in [3.8, 4) is 0 Å². The van der Waals surface area contributed by atoms with Crippen LogP contribution in [0.3, 0.4) is 0 Å². The molecule has 0 aromatic carbocycles. The van der Waals surface area contributed by atoms with Crippen molar-refractivity contribution in [2.45, 2.75) is 58.2 Å². The van der Waals surface area contributed by atoms with Crippen molar-refractivity contribution < 1.29 is 14.3 Å². The fourth-order valence-corrected chi connectivity index (χ4v) is 1.80. The molecule has 1 rings (SSSR count). The minimum Gasteiger partial charge on any atom is -0.376 e. The molecule has 4 nitrogen and oxygen atoms in total. The molecule has 1 fully saturated rings. The first-order chi connectivity index (χ1) is 7.97. The second-order valence-electron chi connectivity index (χ2n) is 5.53. The molecule has 0 spiro atoms. The maximum absolute atomic E-state index is 11.4. The van der Waals surface area contributed by atoms with Gasteiger partial charge in [-0.1, -0.05) is 12.8 Å². The molecule has 0 atom stereocenters. The lowest BCUT2D eigenvalue weighted by molar-refractivity contribution is -0.130. The normalized spacial score (nSPS) is 17.4. The molecule has 100 valence electrons. The summed E-state index contributed by atoms with van der Waals surface area (Å²) >= 11 is 0. The number of carbonyl (C=O) groups excluding carboxylic acids is 1. The average Bonchev–Trinajstić information content (AvgIpc) is 2.73. The molecule has 0 aromatic heterocycles. The highest BCUT2D eigenvalue weighted by atomic mass is 16.5. The molecule has 0 unspecified atom stereocenters. The van der Waals surface area contributed by atoms with Gasteiger partial charge in [0.05, 0.1) is 18.3 Å². The molecule has 1 saturated carbocycles. The third-order valence-electron chi connectivity index (χ3n) is 2.72. The Hall–Kier alpha value is -0.610. The number of rotatable bonds is 6. The van der Waals surface area contributed by atoms with E-state index >= 15 is 0 Å². The number of hydrogen-bond donors (Lipinski definition) is 1. The summed E-state index contributed by atoms with van der Waals surface area (Å²) in [6.45, 7) is 7.10. The van der Waals surface area contributed by atoms with Gasteiger partial charge in [-0.15, -0.1) is 0 Å². The zero-order valence-corrected chi connectivity index (χ0v) is 11.3. The van der Waals surface area contributed by atoms with Gasteiger partial charge in [0.25, 0.3) is 0 Å². The first kappa shape index (κ1) is 14.5. The van der Waals surface area contributed by atoms with E-state index in [0.717, 1.165) is 0 Å². The minimum atomic E-state index is -0.266. The van der Waals surface area contributed by atoms with Crippen molar-refractivity contribution in [2.75, 3.05) is 19.8 Å². The summed E-state index contributed by atoms with van der Waals surface area (Å²) in [4.78, 5) is 11.4. The van der Waals surface area contributed by atoms with Crippen molar-refractivity contribution in [3.05, 3.63) is 0 Å². The predicted molar refractivity (Wildman–Crippen MR) is 66.9 cm³/mol. The smallest absolute Gasteiger partial charge is 0.246 e. The Morgan fingerprint density at radius 1 is 1.29 bits per heavy atom. The monoisotopic (exact) mass is 243 g/mol. The molecular weight excluding hydrogens is 218 g/mol. The zero-order valence-electron chi connectivity index (χ0n) is 11.3. The van der Waals surface area contributed by atoms with Crippen LogP contribution in [-0.4, -0.2) is 37.4 Å². The van der Waals surface area contributed by atoms with Crippen LogP contribution in [-0.2, 0) is 14.3 Å². The Bertz CT molecular complexity index is 229. The van der Waals surface area contributed by atoms with Gasteiger partial charge in [0.15, 0.2) is 0 Å². The molecule has 1 N–H and O–H groups in total. The molecule has 4 heteroatoms. The largest absolute Gasteiger partial charge is 0.376 e. The van der Waals surface area contributed by atoms with Gasteiger partial charge in [-0.05, 0) is 33.6 Å². The number of carbonyl (C=O) groups is 1. The van der Waals surface area contributed by atoms with Crippen LogP contribution < -0.4 is 5.32 Å².